The highest BCUT2D eigenvalue weighted by molar-refractivity contribution is 5.61. The van der Waals surface area contributed by atoms with Crippen LogP contribution < -0.4 is 11.1 Å². The molecule has 0 aliphatic heterocycles. The van der Waals surface area contributed by atoms with Crippen LogP contribution in [0.2, 0.25) is 0 Å². The average Bonchev–Trinajstić information content (AvgIpc) is 2.74. The van der Waals surface area contributed by atoms with Crippen LogP contribution >= 0.6 is 0 Å². The van der Waals surface area contributed by atoms with E-state index in [2.05, 4.69) is 10.3 Å². The molecule has 0 radical (unpaired) electrons. The van der Waals surface area contributed by atoms with E-state index in [1.165, 1.54) is 0 Å². The van der Waals surface area contributed by atoms with Crippen LogP contribution in [0.5, 0.6) is 0 Å². The van der Waals surface area contributed by atoms with Gasteiger partial charge >= 0.3 is 0 Å². The number of furan rings is 1. The zero-order valence-corrected chi connectivity index (χ0v) is 8.47. The molecular weight excluding hydrogens is 190 g/mol. The van der Waals surface area contributed by atoms with Gasteiger partial charge in [-0.2, -0.15) is 0 Å². The van der Waals surface area contributed by atoms with Gasteiger partial charge in [0.05, 0.1) is 18.0 Å². The minimum atomic E-state index is 0.0755. The summed E-state index contributed by atoms with van der Waals surface area (Å²) in [6, 6.07) is 7.59. The molecule has 0 spiro atoms. The summed E-state index contributed by atoms with van der Waals surface area (Å²) >= 11 is 0. The van der Waals surface area contributed by atoms with E-state index in [0.29, 0.717) is 5.82 Å². The molecule has 78 valence electrons. The van der Waals surface area contributed by atoms with Crippen LogP contribution in [0.15, 0.2) is 41.1 Å². The van der Waals surface area contributed by atoms with Crippen LogP contribution in [0.1, 0.15) is 18.7 Å². The molecule has 0 aliphatic rings. The van der Waals surface area contributed by atoms with Gasteiger partial charge < -0.3 is 15.5 Å². The lowest BCUT2D eigenvalue weighted by atomic mass is 10.2. The Morgan fingerprint density at radius 3 is 2.93 bits per heavy atom. The molecule has 0 saturated carbocycles. The molecule has 0 fully saturated rings. The van der Waals surface area contributed by atoms with Crippen molar-refractivity contribution >= 4 is 11.5 Å². The summed E-state index contributed by atoms with van der Waals surface area (Å²) in [5.41, 5.74) is 6.54. The van der Waals surface area contributed by atoms with Crippen molar-refractivity contribution in [3.05, 3.63) is 42.5 Å². The maximum absolute atomic E-state index is 5.72. The number of nitrogens with one attached hydrogen (secondary N) is 1. The minimum absolute atomic E-state index is 0.0755. The SMILES string of the molecule is CC(Nc1cccnc1N)c1ccco1. The Kier molecular flexibility index (Phi) is 2.58. The van der Waals surface area contributed by atoms with E-state index >= 15 is 0 Å². The van der Waals surface area contributed by atoms with Crippen molar-refractivity contribution in [1.82, 2.24) is 4.98 Å². The standard InChI is InChI=1S/C11H13N3O/c1-8(10-5-3-7-15-10)14-9-4-2-6-13-11(9)12/h2-8,14H,1H3,(H2,12,13). The first-order valence-corrected chi connectivity index (χ1v) is 4.78. The maximum Gasteiger partial charge on any atom is 0.146 e. The van der Waals surface area contributed by atoms with E-state index in [4.69, 9.17) is 10.2 Å². The van der Waals surface area contributed by atoms with Gasteiger partial charge in [-0.1, -0.05) is 0 Å². The van der Waals surface area contributed by atoms with Gasteiger partial charge in [-0.3, -0.25) is 0 Å². The molecule has 2 aromatic rings. The molecule has 1 atom stereocenters. The van der Waals surface area contributed by atoms with Gasteiger partial charge in [-0.05, 0) is 31.2 Å². The fourth-order valence-electron chi connectivity index (χ4n) is 1.38. The summed E-state index contributed by atoms with van der Waals surface area (Å²) < 4.78 is 5.28. The van der Waals surface area contributed by atoms with Crippen LogP contribution in [0, 0.1) is 0 Å². The van der Waals surface area contributed by atoms with E-state index in [9.17, 15) is 0 Å². The molecule has 0 amide bonds. The van der Waals surface area contributed by atoms with Gasteiger partial charge in [-0.25, -0.2) is 4.98 Å². The fourth-order valence-corrected chi connectivity index (χ4v) is 1.38. The number of pyridine rings is 1. The Morgan fingerprint density at radius 1 is 1.40 bits per heavy atom. The molecule has 2 heterocycles. The van der Waals surface area contributed by atoms with E-state index in [1.807, 2.05) is 31.2 Å². The first-order valence-electron chi connectivity index (χ1n) is 4.78. The molecule has 2 rings (SSSR count). The lowest BCUT2D eigenvalue weighted by molar-refractivity contribution is 0.490. The summed E-state index contributed by atoms with van der Waals surface area (Å²) in [6.45, 7) is 2.01. The third kappa shape index (κ3) is 2.10. The zero-order chi connectivity index (χ0) is 10.7. The number of hydrogen-bond acceptors (Lipinski definition) is 4. The van der Waals surface area contributed by atoms with Crippen molar-refractivity contribution in [2.45, 2.75) is 13.0 Å². The highest BCUT2D eigenvalue weighted by Gasteiger charge is 2.09. The number of rotatable bonds is 3. The second-order valence-corrected chi connectivity index (χ2v) is 3.32. The van der Waals surface area contributed by atoms with Crippen LogP contribution in [0.4, 0.5) is 11.5 Å². The fraction of sp³-hybridized carbons (Fsp3) is 0.182. The first kappa shape index (κ1) is 9.58. The van der Waals surface area contributed by atoms with Gasteiger partial charge in [0.15, 0.2) is 0 Å². The molecule has 3 N–H and O–H groups in total. The zero-order valence-electron chi connectivity index (χ0n) is 8.47. The summed E-state index contributed by atoms with van der Waals surface area (Å²) in [6.07, 6.45) is 3.32. The molecule has 0 saturated heterocycles. The number of anilines is 2. The highest BCUT2D eigenvalue weighted by atomic mass is 16.3. The van der Waals surface area contributed by atoms with Crippen molar-refractivity contribution in [3.8, 4) is 0 Å². The summed E-state index contributed by atoms with van der Waals surface area (Å²) in [7, 11) is 0. The van der Waals surface area contributed by atoms with Crippen molar-refractivity contribution in [2.75, 3.05) is 11.1 Å². The van der Waals surface area contributed by atoms with Crippen LogP contribution in [-0.2, 0) is 0 Å². The molecule has 0 bridgehead atoms. The Hall–Kier alpha value is -1.97. The second-order valence-electron chi connectivity index (χ2n) is 3.32. The normalized spacial score (nSPS) is 12.3. The summed E-state index contributed by atoms with van der Waals surface area (Å²) in [4.78, 5) is 4.00. The molecule has 0 aliphatic carbocycles. The number of hydrogen-bond donors (Lipinski definition) is 2. The third-order valence-corrected chi connectivity index (χ3v) is 2.18. The largest absolute Gasteiger partial charge is 0.467 e. The predicted octanol–water partition coefficient (Wildman–Crippen LogP) is 2.43. The maximum atomic E-state index is 5.72. The van der Waals surface area contributed by atoms with E-state index in [-0.39, 0.29) is 6.04 Å². The first-order chi connectivity index (χ1) is 7.27. The number of nitrogens with two attached hydrogens (primary N) is 1. The quantitative estimate of drug-likeness (QED) is 0.804. The predicted molar refractivity (Wildman–Crippen MR) is 59.4 cm³/mol. The van der Waals surface area contributed by atoms with Gasteiger partial charge in [0.1, 0.15) is 11.6 Å². The van der Waals surface area contributed by atoms with Gasteiger partial charge in [-0.15, -0.1) is 0 Å². The Morgan fingerprint density at radius 2 is 2.27 bits per heavy atom. The van der Waals surface area contributed by atoms with Crippen LogP contribution in [0.25, 0.3) is 0 Å². The Bertz CT molecular complexity index is 425. The number of nitrogens with zero attached hydrogens (tertiary/aromatic N) is 1. The van der Waals surface area contributed by atoms with Gasteiger partial charge in [0.2, 0.25) is 0 Å². The Labute approximate surface area is 88.1 Å². The molecule has 4 heteroatoms. The molecule has 1 unspecified atom stereocenters. The number of aromatic nitrogens is 1. The molecule has 0 aromatic carbocycles. The van der Waals surface area contributed by atoms with Crippen molar-refractivity contribution in [3.63, 3.8) is 0 Å². The van der Waals surface area contributed by atoms with E-state index in [1.54, 1.807) is 12.5 Å². The molecule has 2 aromatic heterocycles. The molecular formula is C11H13N3O. The van der Waals surface area contributed by atoms with Crippen molar-refractivity contribution < 1.29 is 4.42 Å². The summed E-state index contributed by atoms with van der Waals surface area (Å²) in [5.74, 6) is 1.37. The van der Waals surface area contributed by atoms with Crippen molar-refractivity contribution in [2.24, 2.45) is 0 Å². The second kappa shape index (κ2) is 4.04. The smallest absolute Gasteiger partial charge is 0.146 e. The monoisotopic (exact) mass is 203 g/mol. The van der Waals surface area contributed by atoms with Gasteiger partial charge in [0.25, 0.3) is 0 Å². The van der Waals surface area contributed by atoms with Crippen LogP contribution in [0.3, 0.4) is 0 Å². The molecule has 4 nitrogen and oxygen atoms in total. The summed E-state index contributed by atoms with van der Waals surface area (Å²) in [5, 5.41) is 3.23. The minimum Gasteiger partial charge on any atom is -0.467 e. The van der Waals surface area contributed by atoms with E-state index < -0.39 is 0 Å². The number of nitrogen functional groups attached to an aromatic ring is 1. The molecule has 15 heavy (non-hydrogen) atoms. The Balaban J connectivity index is 2.13. The average molecular weight is 203 g/mol. The van der Waals surface area contributed by atoms with Crippen molar-refractivity contribution in [1.29, 1.82) is 0 Å². The lowest BCUT2D eigenvalue weighted by Gasteiger charge is -2.13. The highest BCUT2D eigenvalue weighted by Crippen LogP contribution is 2.22. The lowest BCUT2D eigenvalue weighted by Crippen LogP contribution is -2.08. The van der Waals surface area contributed by atoms with E-state index in [0.717, 1.165) is 11.4 Å². The topological polar surface area (TPSA) is 64.1 Å². The van der Waals surface area contributed by atoms with Crippen LogP contribution in [-0.4, -0.2) is 4.98 Å². The van der Waals surface area contributed by atoms with Gasteiger partial charge in [0, 0.05) is 6.20 Å². The third-order valence-electron chi connectivity index (χ3n) is 2.18.